The van der Waals surface area contributed by atoms with Crippen molar-refractivity contribution < 1.29 is 56.5 Å². The first-order chi connectivity index (χ1) is 6.77. The van der Waals surface area contributed by atoms with Gasteiger partial charge in [-0.05, 0) is 23.3 Å². The minimum absolute atomic E-state index is 0. The zero-order chi connectivity index (χ0) is 9.97. The molecule has 0 saturated carbocycles. The van der Waals surface area contributed by atoms with Gasteiger partial charge in [-0.3, -0.25) is 0 Å². The van der Waals surface area contributed by atoms with Gasteiger partial charge in [0.15, 0.2) is 0 Å². The topological polar surface area (TPSA) is 23.1 Å². The van der Waals surface area contributed by atoms with Crippen LogP contribution in [0.15, 0.2) is 48.5 Å². The number of halogens is 1. The normalized spacial score (nSPS) is 9.40. The standard InChI is InChI=1S/C12H9ClO.K/c13-10-6-7-12(14)11(8-10)9-4-2-1-3-5-9;/h1-8,14H;/q;+1/p-1. The zero-order valence-corrected chi connectivity index (χ0v) is 12.3. The van der Waals surface area contributed by atoms with E-state index in [9.17, 15) is 5.11 Å². The molecule has 0 aromatic heterocycles. The van der Waals surface area contributed by atoms with Crippen LogP contribution in [0, 0.1) is 0 Å². The molecule has 3 heteroatoms. The van der Waals surface area contributed by atoms with Crippen LogP contribution in [0.5, 0.6) is 5.75 Å². The number of hydrogen-bond donors (Lipinski definition) is 0. The van der Waals surface area contributed by atoms with Gasteiger partial charge < -0.3 is 5.11 Å². The van der Waals surface area contributed by atoms with Crippen LogP contribution in [0.1, 0.15) is 0 Å². The van der Waals surface area contributed by atoms with Gasteiger partial charge >= 0.3 is 51.4 Å². The zero-order valence-electron chi connectivity index (χ0n) is 8.41. The molecular weight excluding hydrogens is 235 g/mol. The van der Waals surface area contributed by atoms with Crippen LogP contribution in [0.2, 0.25) is 5.02 Å². The van der Waals surface area contributed by atoms with Gasteiger partial charge in [0, 0.05) is 5.02 Å². The van der Waals surface area contributed by atoms with Crippen molar-refractivity contribution in [1.29, 1.82) is 0 Å². The Morgan fingerprint density at radius 1 is 0.933 bits per heavy atom. The number of rotatable bonds is 1. The van der Waals surface area contributed by atoms with Gasteiger partial charge in [-0.15, -0.1) is 5.75 Å². The maximum Gasteiger partial charge on any atom is 1.00 e. The summed E-state index contributed by atoms with van der Waals surface area (Å²) in [7, 11) is 0. The maximum atomic E-state index is 11.5. The molecule has 0 amide bonds. The second kappa shape index (κ2) is 6.04. The summed E-state index contributed by atoms with van der Waals surface area (Å²) in [4.78, 5) is 0. The van der Waals surface area contributed by atoms with Crippen molar-refractivity contribution in [3.8, 4) is 16.9 Å². The Balaban J connectivity index is 0.00000112. The van der Waals surface area contributed by atoms with E-state index in [1.807, 2.05) is 30.3 Å². The fourth-order valence-electron chi connectivity index (χ4n) is 1.35. The summed E-state index contributed by atoms with van der Waals surface area (Å²) in [5.74, 6) is 0.000556. The average Bonchev–Trinajstić information content (AvgIpc) is 2.23. The van der Waals surface area contributed by atoms with Crippen LogP contribution in [0.25, 0.3) is 11.1 Å². The molecule has 0 unspecified atom stereocenters. The summed E-state index contributed by atoms with van der Waals surface area (Å²) in [6, 6.07) is 14.3. The Bertz CT molecular complexity index is 443. The second-order valence-electron chi connectivity index (χ2n) is 3.01. The Morgan fingerprint density at radius 3 is 2.27 bits per heavy atom. The molecular formula is C12H8ClKO. The van der Waals surface area contributed by atoms with E-state index < -0.39 is 0 Å². The molecule has 0 bridgehead atoms. The van der Waals surface area contributed by atoms with Crippen molar-refractivity contribution in [3.05, 3.63) is 53.6 Å². The molecule has 0 radical (unpaired) electrons. The molecule has 0 aliphatic heterocycles. The van der Waals surface area contributed by atoms with Gasteiger partial charge in [0.1, 0.15) is 0 Å². The van der Waals surface area contributed by atoms with E-state index in [1.54, 1.807) is 12.1 Å². The minimum atomic E-state index is 0. The van der Waals surface area contributed by atoms with Crippen molar-refractivity contribution in [3.63, 3.8) is 0 Å². The number of hydrogen-bond acceptors (Lipinski definition) is 1. The first-order valence-electron chi connectivity index (χ1n) is 4.29. The first kappa shape index (κ1) is 13.2. The van der Waals surface area contributed by atoms with Gasteiger partial charge in [-0.2, -0.15) is 0 Å². The van der Waals surface area contributed by atoms with Crippen molar-refractivity contribution in [2.45, 2.75) is 0 Å². The van der Waals surface area contributed by atoms with Gasteiger partial charge in [0.05, 0.1) is 0 Å². The fourth-order valence-corrected chi connectivity index (χ4v) is 1.52. The molecule has 2 aromatic carbocycles. The summed E-state index contributed by atoms with van der Waals surface area (Å²) < 4.78 is 0. The molecule has 0 aliphatic rings. The molecule has 0 fully saturated rings. The van der Waals surface area contributed by atoms with Crippen molar-refractivity contribution in [1.82, 2.24) is 0 Å². The van der Waals surface area contributed by atoms with Crippen LogP contribution in [0.3, 0.4) is 0 Å². The fraction of sp³-hybridized carbons (Fsp3) is 0. The Kier molecular flexibility index (Phi) is 5.33. The predicted octanol–water partition coefficient (Wildman–Crippen LogP) is 0.0846. The molecule has 0 atom stereocenters. The molecule has 0 heterocycles. The van der Waals surface area contributed by atoms with Gasteiger partial charge in [0.2, 0.25) is 0 Å². The molecule has 70 valence electrons. The van der Waals surface area contributed by atoms with Crippen LogP contribution >= 0.6 is 11.6 Å². The quantitative estimate of drug-likeness (QED) is 0.650. The number of benzene rings is 2. The van der Waals surface area contributed by atoms with Crippen LogP contribution < -0.4 is 56.5 Å². The molecule has 2 aromatic rings. The summed E-state index contributed by atoms with van der Waals surface area (Å²) in [5, 5.41) is 12.1. The van der Waals surface area contributed by atoms with E-state index in [1.165, 1.54) is 6.07 Å². The van der Waals surface area contributed by atoms with Gasteiger partial charge in [0.25, 0.3) is 0 Å². The second-order valence-corrected chi connectivity index (χ2v) is 3.44. The third-order valence-corrected chi connectivity index (χ3v) is 2.26. The largest absolute Gasteiger partial charge is 1.00 e. The van der Waals surface area contributed by atoms with Gasteiger partial charge in [-0.1, -0.05) is 48.0 Å². The Labute approximate surface area is 137 Å². The summed E-state index contributed by atoms with van der Waals surface area (Å²) in [5.41, 5.74) is 1.55. The van der Waals surface area contributed by atoms with Crippen LogP contribution in [-0.2, 0) is 0 Å². The molecule has 1 nitrogen and oxygen atoms in total. The first-order valence-corrected chi connectivity index (χ1v) is 4.67. The third kappa shape index (κ3) is 3.31. The van der Waals surface area contributed by atoms with E-state index >= 15 is 0 Å². The van der Waals surface area contributed by atoms with Crippen molar-refractivity contribution in [2.75, 3.05) is 0 Å². The molecule has 0 N–H and O–H groups in total. The van der Waals surface area contributed by atoms with Gasteiger partial charge in [-0.25, -0.2) is 0 Å². The summed E-state index contributed by atoms with van der Waals surface area (Å²) >= 11 is 5.83. The predicted molar refractivity (Wildman–Crippen MR) is 56.3 cm³/mol. The van der Waals surface area contributed by atoms with Crippen LogP contribution in [-0.4, -0.2) is 0 Å². The van der Waals surface area contributed by atoms with E-state index in [-0.39, 0.29) is 57.1 Å². The van der Waals surface area contributed by atoms with E-state index in [0.29, 0.717) is 10.6 Å². The Hall–Kier alpha value is 0.166. The molecule has 2 rings (SSSR count). The van der Waals surface area contributed by atoms with Crippen molar-refractivity contribution in [2.24, 2.45) is 0 Å². The molecule has 0 aliphatic carbocycles. The average molecular weight is 243 g/mol. The molecule has 0 saturated heterocycles. The van der Waals surface area contributed by atoms with Crippen LogP contribution in [0.4, 0.5) is 0 Å². The monoisotopic (exact) mass is 242 g/mol. The van der Waals surface area contributed by atoms with E-state index in [0.717, 1.165) is 5.56 Å². The third-order valence-electron chi connectivity index (χ3n) is 2.03. The smallest absolute Gasteiger partial charge is 0.872 e. The molecule has 0 spiro atoms. The summed E-state index contributed by atoms with van der Waals surface area (Å²) in [6.07, 6.45) is 0. The van der Waals surface area contributed by atoms with E-state index in [4.69, 9.17) is 11.6 Å². The maximum absolute atomic E-state index is 11.5. The van der Waals surface area contributed by atoms with E-state index in [2.05, 4.69) is 0 Å². The summed E-state index contributed by atoms with van der Waals surface area (Å²) in [6.45, 7) is 0. The Morgan fingerprint density at radius 2 is 1.60 bits per heavy atom. The minimum Gasteiger partial charge on any atom is -0.872 e. The SMILES string of the molecule is [K+].[O-]c1ccc(Cl)cc1-c1ccccc1. The molecule has 15 heavy (non-hydrogen) atoms. The van der Waals surface area contributed by atoms with Crippen molar-refractivity contribution >= 4 is 11.6 Å².